The maximum Gasteiger partial charge on any atom is 0.491 e. The minimum absolute atomic E-state index is 0.341. The lowest BCUT2D eigenvalue weighted by atomic mass is 9.78. The summed E-state index contributed by atoms with van der Waals surface area (Å²) in [7, 11) is -0.361. The summed E-state index contributed by atoms with van der Waals surface area (Å²) in [4.78, 5) is 0. The molecule has 0 radical (unpaired) electrons. The van der Waals surface area contributed by atoms with E-state index in [4.69, 9.17) is 15.0 Å². The molecule has 22 heavy (non-hydrogen) atoms. The molecular weight excluding hydrogens is 293 g/mol. The Balaban J connectivity index is 2.36. The normalized spacial score (nSPS) is 20.5. The minimum atomic E-state index is -0.361. The van der Waals surface area contributed by atoms with Crippen molar-refractivity contribution in [1.82, 2.24) is 0 Å². The highest BCUT2D eigenvalue weighted by Gasteiger charge is 2.52. The summed E-state index contributed by atoms with van der Waals surface area (Å²) in [5.41, 5.74) is 10.5. The number of hydrogen-bond acceptors (Lipinski definition) is 4. The average Bonchev–Trinajstić information content (AvgIpc) is 2.64. The van der Waals surface area contributed by atoms with E-state index in [9.17, 15) is 0 Å². The number of rotatable bonds is 3. The summed E-state index contributed by atoms with van der Waals surface area (Å²) >= 11 is 4.46. The van der Waals surface area contributed by atoms with Crippen molar-refractivity contribution in [3.63, 3.8) is 0 Å². The fourth-order valence-electron chi connectivity index (χ4n) is 2.40. The zero-order valence-electron chi connectivity index (χ0n) is 14.4. The predicted molar refractivity (Wildman–Crippen MR) is 98.2 cm³/mol. The van der Waals surface area contributed by atoms with Crippen molar-refractivity contribution in [3.8, 4) is 0 Å². The van der Waals surface area contributed by atoms with Crippen molar-refractivity contribution in [3.05, 3.63) is 34.3 Å². The van der Waals surface area contributed by atoms with E-state index in [1.54, 1.807) is 0 Å². The molecule has 1 aromatic carbocycles. The quantitative estimate of drug-likeness (QED) is 0.505. The molecule has 1 saturated heterocycles. The number of thiol groups is 1. The highest BCUT2D eigenvalue weighted by Crippen LogP contribution is 2.39. The summed E-state index contributed by atoms with van der Waals surface area (Å²) in [5.74, 6) is 0.583. The molecular formula is C17H26BNO2S. The Hall–Kier alpha value is -0.905. The third-order valence-corrected chi connectivity index (χ3v) is 5.32. The van der Waals surface area contributed by atoms with E-state index in [0.717, 1.165) is 22.3 Å². The summed E-state index contributed by atoms with van der Waals surface area (Å²) in [6.45, 7) is 12.3. The zero-order chi connectivity index (χ0) is 16.7. The van der Waals surface area contributed by atoms with Gasteiger partial charge in [0.2, 0.25) is 0 Å². The van der Waals surface area contributed by atoms with Gasteiger partial charge in [0.1, 0.15) is 0 Å². The molecule has 2 N–H and O–H groups in total. The Morgan fingerprint density at radius 2 is 1.68 bits per heavy atom. The number of nitrogens with two attached hydrogens (primary N) is 1. The first kappa shape index (κ1) is 17.4. The smallest absolute Gasteiger partial charge is 0.400 e. The van der Waals surface area contributed by atoms with Crippen LogP contribution in [0.4, 0.5) is 5.69 Å². The van der Waals surface area contributed by atoms with Gasteiger partial charge in [-0.2, -0.15) is 12.6 Å². The molecule has 1 aliphatic heterocycles. The first-order valence-electron chi connectivity index (χ1n) is 7.61. The van der Waals surface area contributed by atoms with Crippen molar-refractivity contribution in [1.29, 1.82) is 0 Å². The average molecular weight is 319 g/mol. The summed E-state index contributed by atoms with van der Waals surface area (Å²) in [6, 6.07) is 3.97. The third-order valence-electron chi connectivity index (χ3n) is 4.95. The van der Waals surface area contributed by atoms with Crippen molar-refractivity contribution in [2.75, 3.05) is 11.5 Å². The molecule has 0 spiro atoms. The second-order valence-electron chi connectivity index (χ2n) is 6.96. The van der Waals surface area contributed by atoms with Crippen molar-refractivity contribution in [2.45, 2.75) is 52.7 Å². The van der Waals surface area contributed by atoms with Gasteiger partial charge in [-0.3, -0.25) is 0 Å². The molecule has 1 heterocycles. The van der Waals surface area contributed by atoms with Crippen LogP contribution < -0.4 is 5.73 Å². The highest BCUT2D eigenvalue weighted by atomic mass is 32.1. The fraction of sp³-hybridized carbons (Fsp3) is 0.529. The van der Waals surface area contributed by atoms with E-state index < -0.39 is 0 Å². The standard InChI is InChI=1S/C17H26BNO2S/c1-11-12(2)15(19)8-7-13(11)9-14(10-22)18-20-16(3,4)17(5,6)21-18/h7-9,22H,10,19H2,1-6H3. The Labute approximate surface area is 139 Å². The molecule has 0 amide bonds. The number of anilines is 1. The van der Waals surface area contributed by atoms with Crippen LogP contribution in [0, 0.1) is 13.8 Å². The predicted octanol–water partition coefficient (Wildman–Crippen LogP) is 3.83. The number of hydrogen-bond donors (Lipinski definition) is 2. The van der Waals surface area contributed by atoms with Crippen molar-refractivity contribution >= 4 is 31.5 Å². The number of nitrogen functional groups attached to an aromatic ring is 1. The van der Waals surface area contributed by atoms with E-state index in [2.05, 4.69) is 53.3 Å². The Bertz CT molecular complexity index is 595. The molecule has 120 valence electrons. The van der Waals surface area contributed by atoms with Crippen LogP contribution >= 0.6 is 12.6 Å². The molecule has 2 rings (SSSR count). The van der Waals surface area contributed by atoms with Crippen LogP contribution in [-0.2, 0) is 9.31 Å². The van der Waals surface area contributed by atoms with Crippen molar-refractivity contribution < 1.29 is 9.31 Å². The van der Waals surface area contributed by atoms with Crippen LogP contribution in [0.3, 0.4) is 0 Å². The lowest BCUT2D eigenvalue weighted by Crippen LogP contribution is -2.41. The molecule has 5 heteroatoms. The maximum atomic E-state index is 6.12. The van der Waals surface area contributed by atoms with Gasteiger partial charge in [-0.15, -0.1) is 0 Å². The molecule has 1 aromatic rings. The minimum Gasteiger partial charge on any atom is -0.400 e. The van der Waals surface area contributed by atoms with E-state index in [1.807, 2.05) is 19.1 Å². The molecule has 3 nitrogen and oxygen atoms in total. The van der Waals surface area contributed by atoms with Crippen LogP contribution in [-0.4, -0.2) is 24.1 Å². The van der Waals surface area contributed by atoms with E-state index >= 15 is 0 Å². The summed E-state index contributed by atoms with van der Waals surface area (Å²) < 4.78 is 12.2. The molecule has 0 atom stereocenters. The van der Waals surface area contributed by atoms with Gasteiger partial charge in [0.25, 0.3) is 0 Å². The molecule has 0 unspecified atom stereocenters. The lowest BCUT2D eigenvalue weighted by Gasteiger charge is -2.32. The fourth-order valence-corrected chi connectivity index (χ4v) is 2.64. The summed E-state index contributed by atoms with van der Waals surface area (Å²) in [6.07, 6.45) is 2.11. The van der Waals surface area contributed by atoms with Gasteiger partial charge in [-0.1, -0.05) is 12.1 Å². The van der Waals surface area contributed by atoms with Gasteiger partial charge < -0.3 is 15.0 Å². The van der Waals surface area contributed by atoms with Gasteiger partial charge in [-0.05, 0) is 69.8 Å². The van der Waals surface area contributed by atoms with E-state index in [-0.39, 0.29) is 18.3 Å². The highest BCUT2D eigenvalue weighted by molar-refractivity contribution is 7.80. The van der Waals surface area contributed by atoms with Gasteiger partial charge in [-0.25, -0.2) is 0 Å². The summed E-state index contributed by atoms with van der Waals surface area (Å²) in [5, 5.41) is 0. The van der Waals surface area contributed by atoms with Gasteiger partial charge in [0.15, 0.2) is 0 Å². The molecule has 1 aliphatic rings. The Kier molecular flexibility index (Phi) is 4.72. The van der Waals surface area contributed by atoms with E-state index in [1.165, 1.54) is 5.56 Å². The lowest BCUT2D eigenvalue weighted by molar-refractivity contribution is 0.00578. The first-order chi connectivity index (χ1) is 10.1. The van der Waals surface area contributed by atoms with Gasteiger partial charge in [0.05, 0.1) is 11.2 Å². The second kappa shape index (κ2) is 5.95. The second-order valence-corrected chi connectivity index (χ2v) is 7.28. The van der Waals surface area contributed by atoms with Crippen LogP contribution in [0.2, 0.25) is 0 Å². The molecule has 1 fully saturated rings. The van der Waals surface area contributed by atoms with Crippen LogP contribution in [0.25, 0.3) is 6.08 Å². The Morgan fingerprint density at radius 1 is 1.14 bits per heavy atom. The molecule has 0 bridgehead atoms. The molecule has 0 aliphatic carbocycles. The SMILES string of the molecule is Cc1c(N)ccc(C=C(CS)B2OC(C)(C)C(C)(C)O2)c1C. The largest absolute Gasteiger partial charge is 0.491 e. The van der Waals surface area contributed by atoms with Crippen molar-refractivity contribution in [2.24, 2.45) is 0 Å². The molecule has 0 saturated carbocycles. The van der Waals surface area contributed by atoms with Crippen LogP contribution in [0.1, 0.15) is 44.4 Å². The monoisotopic (exact) mass is 319 g/mol. The first-order valence-corrected chi connectivity index (χ1v) is 8.25. The third kappa shape index (κ3) is 3.07. The van der Waals surface area contributed by atoms with Crippen LogP contribution in [0.5, 0.6) is 0 Å². The number of benzene rings is 1. The Morgan fingerprint density at radius 3 is 2.18 bits per heavy atom. The molecule has 0 aromatic heterocycles. The van der Waals surface area contributed by atoms with E-state index in [0.29, 0.717) is 5.75 Å². The van der Waals surface area contributed by atoms with Crippen LogP contribution in [0.15, 0.2) is 17.6 Å². The van der Waals surface area contributed by atoms with Gasteiger partial charge in [0, 0.05) is 11.4 Å². The zero-order valence-corrected chi connectivity index (χ0v) is 15.3. The topological polar surface area (TPSA) is 44.5 Å². The van der Waals surface area contributed by atoms with Gasteiger partial charge >= 0.3 is 7.12 Å². The maximum absolute atomic E-state index is 6.12.